The molecular weight excluding hydrogens is 126 g/mol. The summed E-state index contributed by atoms with van der Waals surface area (Å²) in [6.45, 7) is 6.29. The fraction of sp³-hybridized carbons (Fsp3) is 0.857. The largest absolute Gasteiger partial charge is 0.330 e. The molecule has 0 aliphatic rings. The maximum absolute atomic E-state index is 5.65. The molecule has 3 nitrogen and oxygen atoms in total. The fourth-order valence-corrected chi connectivity index (χ4v) is 1.06. The molecule has 6 N–H and O–H groups in total. The summed E-state index contributed by atoms with van der Waals surface area (Å²) >= 11 is 0. The van der Waals surface area contributed by atoms with Gasteiger partial charge in [0.15, 0.2) is 0 Å². The van der Waals surface area contributed by atoms with Crippen LogP contribution in [0.5, 0.6) is 0 Å². The van der Waals surface area contributed by atoms with Crippen LogP contribution in [-0.2, 0) is 0 Å². The predicted octanol–water partition coefficient (Wildman–Crippen LogP) is -0.540. The van der Waals surface area contributed by atoms with Crippen LogP contribution >= 0.6 is 0 Å². The normalized spacial score (nSPS) is 20.1. The van der Waals surface area contributed by atoms with Crippen molar-refractivity contribution in [1.82, 2.24) is 0 Å². The van der Waals surface area contributed by atoms with Crippen LogP contribution in [0.4, 0.5) is 0 Å². The molecule has 0 amide bonds. The van der Waals surface area contributed by atoms with E-state index in [1.54, 1.807) is 0 Å². The minimum absolute atomic E-state index is 0.0936. The Labute approximate surface area is 62.9 Å². The van der Waals surface area contributed by atoms with Crippen LogP contribution in [-0.4, -0.2) is 18.6 Å². The van der Waals surface area contributed by atoms with Crippen LogP contribution in [0.3, 0.4) is 0 Å². The SMILES string of the molecule is [CH2]C(N)C(CCN)C(C)N. The summed E-state index contributed by atoms with van der Waals surface area (Å²) in [5.74, 6) is 0.255. The Hall–Kier alpha value is -0.120. The maximum Gasteiger partial charge on any atom is 0.00828 e. The summed E-state index contributed by atoms with van der Waals surface area (Å²) < 4.78 is 0. The third-order valence-corrected chi connectivity index (χ3v) is 1.73. The first-order valence-electron chi connectivity index (χ1n) is 3.64. The van der Waals surface area contributed by atoms with Gasteiger partial charge in [0.2, 0.25) is 0 Å². The molecule has 0 rings (SSSR count). The van der Waals surface area contributed by atoms with Crippen molar-refractivity contribution in [3.8, 4) is 0 Å². The molecular formula is C7H18N3. The summed E-state index contributed by atoms with van der Waals surface area (Å²) in [6, 6.07) is -0.000370. The molecule has 10 heavy (non-hydrogen) atoms. The molecule has 0 aromatic heterocycles. The van der Waals surface area contributed by atoms with Gasteiger partial charge in [-0.15, -0.1) is 0 Å². The van der Waals surface area contributed by atoms with Crippen molar-refractivity contribution in [1.29, 1.82) is 0 Å². The summed E-state index contributed by atoms with van der Waals surface area (Å²) in [6.07, 6.45) is 0.863. The van der Waals surface area contributed by atoms with Crippen molar-refractivity contribution in [2.75, 3.05) is 6.54 Å². The molecule has 3 atom stereocenters. The number of hydrogen-bond donors (Lipinski definition) is 3. The van der Waals surface area contributed by atoms with Crippen molar-refractivity contribution in [2.45, 2.75) is 25.4 Å². The van der Waals surface area contributed by atoms with Gasteiger partial charge in [-0.25, -0.2) is 0 Å². The maximum atomic E-state index is 5.65. The second-order valence-corrected chi connectivity index (χ2v) is 2.76. The Balaban J connectivity index is 3.73. The average Bonchev–Trinajstić information content (AvgIpc) is 1.81. The number of hydrogen-bond acceptors (Lipinski definition) is 3. The average molecular weight is 144 g/mol. The van der Waals surface area contributed by atoms with Crippen LogP contribution < -0.4 is 17.2 Å². The first kappa shape index (κ1) is 9.88. The molecule has 0 heterocycles. The molecule has 0 aliphatic heterocycles. The van der Waals surface area contributed by atoms with Crippen LogP contribution in [0.15, 0.2) is 0 Å². The van der Waals surface area contributed by atoms with Crippen molar-refractivity contribution in [2.24, 2.45) is 23.1 Å². The van der Waals surface area contributed by atoms with E-state index in [-0.39, 0.29) is 18.0 Å². The molecule has 0 saturated carbocycles. The van der Waals surface area contributed by atoms with E-state index in [1.807, 2.05) is 6.92 Å². The topological polar surface area (TPSA) is 78.1 Å². The lowest BCUT2D eigenvalue weighted by Crippen LogP contribution is -2.40. The van der Waals surface area contributed by atoms with Crippen molar-refractivity contribution < 1.29 is 0 Å². The van der Waals surface area contributed by atoms with Gasteiger partial charge in [-0.1, -0.05) is 0 Å². The predicted molar refractivity (Wildman–Crippen MR) is 44.1 cm³/mol. The van der Waals surface area contributed by atoms with Crippen molar-refractivity contribution in [3.05, 3.63) is 6.92 Å². The highest BCUT2D eigenvalue weighted by Crippen LogP contribution is 2.08. The Morgan fingerprint density at radius 1 is 1.40 bits per heavy atom. The third kappa shape index (κ3) is 3.15. The Bertz CT molecular complexity index is 72.9. The quantitative estimate of drug-likeness (QED) is 0.496. The van der Waals surface area contributed by atoms with Gasteiger partial charge in [0.25, 0.3) is 0 Å². The lowest BCUT2D eigenvalue weighted by atomic mass is 9.92. The van der Waals surface area contributed by atoms with Gasteiger partial charge in [-0.2, -0.15) is 0 Å². The smallest absolute Gasteiger partial charge is 0.00828 e. The molecule has 0 aromatic carbocycles. The first-order chi connectivity index (χ1) is 4.59. The van der Waals surface area contributed by atoms with E-state index >= 15 is 0 Å². The van der Waals surface area contributed by atoms with E-state index in [0.29, 0.717) is 6.54 Å². The molecule has 1 radical (unpaired) electrons. The molecule has 0 aliphatic carbocycles. The standard InChI is InChI=1S/C7H18N3/c1-5(9)7(3-4-8)6(2)10/h5-7H,1,3-4,8-10H2,2H3. The minimum Gasteiger partial charge on any atom is -0.330 e. The zero-order valence-corrected chi connectivity index (χ0v) is 6.59. The number of rotatable bonds is 4. The minimum atomic E-state index is -0.0939. The Morgan fingerprint density at radius 3 is 2.00 bits per heavy atom. The van der Waals surface area contributed by atoms with E-state index < -0.39 is 0 Å². The van der Waals surface area contributed by atoms with Crippen LogP contribution in [0.2, 0.25) is 0 Å². The zero-order valence-electron chi connectivity index (χ0n) is 6.59. The van der Waals surface area contributed by atoms with E-state index in [4.69, 9.17) is 17.2 Å². The molecule has 0 saturated heterocycles. The van der Waals surface area contributed by atoms with Gasteiger partial charge in [-0.3, -0.25) is 0 Å². The van der Waals surface area contributed by atoms with Crippen LogP contribution in [0.25, 0.3) is 0 Å². The zero-order chi connectivity index (χ0) is 8.15. The fourth-order valence-electron chi connectivity index (χ4n) is 1.06. The Kier molecular flexibility index (Phi) is 4.60. The van der Waals surface area contributed by atoms with E-state index in [0.717, 1.165) is 6.42 Å². The summed E-state index contributed by atoms with van der Waals surface area (Å²) in [5.41, 5.74) is 16.6. The lowest BCUT2D eigenvalue weighted by Gasteiger charge is -2.23. The van der Waals surface area contributed by atoms with Gasteiger partial charge in [0.1, 0.15) is 0 Å². The van der Waals surface area contributed by atoms with E-state index in [1.165, 1.54) is 0 Å². The third-order valence-electron chi connectivity index (χ3n) is 1.73. The van der Waals surface area contributed by atoms with Gasteiger partial charge in [-0.05, 0) is 32.7 Å². The molecule has 0 fully saturated rings. The van der Waals surface area contributed by atoms with Crippen molar-refractivity contribution in [3.63, 3.8) is 0 Å². The molecule has 0 bridgehead atoms. The summed E-state index contributed by atoms with van der Waals surface area (Å²) in [4.78, 5) is 0. The summed E-state index contributed by atoms with van der Waals surface area (Å²) in [7, 11) is 0. The molecule has 0 aromatic rings. The second kappa shape index (κ2) is 4.66. The van der Waals surface area contributed by atoms with Gasteiger partial charge >= 0.3 is 0 Å². The molecule has 0 spiro atoms. The summed E-state index contributed by atoms with van der Waals surface area (Å²) in [5, 5.41) is 0. The first-order valence-corrected chi connectivity index (χ1v) is 3.64. The molecule has 3 heteroatoms. The van der Waals surface area contributed by atoms with Gasteiger partial charge in [0.05, 0.1) is 0 Å². The van der Waals surface area contributed by atoms with Crippen LogP contribution in [0, 0.1) is 12.8 Å². The van der Waals surface area contributed by atoms with Crippen LogP contribution in [0.1, 0.15) is 13.3 Å². The molecule has 61 valence electrons. The Morgan fingerprint density at radius 2 is 1.90 bits per heavy atom. The lowest BCUT2D eigenvalue weighted by molar-refractivity contribution is 0.381. The second-order valence-electron chi connectivity index (χ2n) is 2.76. The molecule has 3 unspecified atom stereocenters. The van der Waals surface area contributed by atoms with E-state index in [9.17, 15) is 0 Å². The monoisotopic (exact) mass is 144 g/mol. The van der Waals surface area contributed by atoms with Gasteiger partial charge < -0.3 is 17.2 Å². The van der Waals surface area contributed by atoms with Crippen molar-refractivity contribution >= 4 is 0 Å². The van der Waals surface area contributed by atoms with Gasteiger partial charge in [0, 0.05) is 12.1 Å². The highest BCUT2D eigenvalue weighted by molar-refractivity contribution is 4.80. The van der Waals surface area contributed by atoms with E-state index in [2.05, 4.69) is 6.92 Å². The number of nitrogens with two attached hydrogens (primary N) is 3. The highest BCUT2D eigenvalue weighted by Gasteiger charge is 2.16. The highest BCUT2D eigenvalue weighted by atomic mass is 14.7.